The Labute approximate surface area is 156 Å². The number of benzene rings is 1. The number of ether oxygens (including phenoxy) is 1. The molecule has 1 saturated heterocycles. The van der Waals surface area contributed by atoms with Crippen LogP contribution in [0, 0.1) is 12.8 Å². The quantitative estimate of drug-likeness (QED) is 0.899. The average Bonchev–Trinajstić information content (AvgIpc) is 3.44. The first kappa shape index (κ1) is 18.0. The zero-order valence-corrected chi connectivity index (χ0v) is 16.3. The Morgan fingerprint density at radius 3 is 2.77 bits per heavy atom. The van der Waals surface area contributed by atoms with Gasteiger partial charge in [-0.05, 0) is 75.3 Å². The molecule has 0 amide bonds. The van der Waals surface area contributed by atoms with Gasteiger partial charge in [0.05, 0.1) is 12.7 Å². The number of likely N-dealkylation sites (tertiary alicyclic amines) is 1. The van der Waals surface area contributed by atoms with Crippen LogP contribution >= 0.6 is 0 Å². The summed E-state index contributed by atoms with van der Waals surface area (Å²) in [5.74, 6) is 1.88. The van der Waals surface area contributed by atoms with Crippen molar-refractivity contribution in [1.29, 1.82) is 0 Å². The van der Waals surface area contributed by atoms with Gasteiger partial charge in [0.2, 0.25) is 0 Å². The highest BCUT2D eigenvalue weighted by Gasteiger charge is 2.61. The molecule has 3 fully saturated rings. The molecule has 3 aliphatic rings. The van der Waals surface area contributed by atoms with Crippen LogP contribution in [0.2, 0.25) is 0 Å². The number of aryl methyl sites for hydroxylation is 1. The number of rotatable bonds is 4. The van der Waals surface area contributed by atoms with Gasteiger partial charge in [0, 0.05) is 30.8 Å². The molecule has 2 saturated carbocycles. The van der Waals surface area contributed by atoms with Crippen LogP contribution in [0.15, 0.2) is 18.2 Å². The molecular weight excluding hydrogens is 326 g/mol. The predicted octanol–water partition coefficient (Wildman–Crippen LogP) is 3.23. The van der Waals surface area contributed by atoms with Gasteiger partial charge in [-0.25, -0.2) is 0 Å². The smallest absolute Gasteiger partial charge is 0.134 e. The highest BCUT2D eigenvalue weighted by atomic mass is 16.5. The van der Waals surface area contributed by atoms with Crippen LogP contribution in [0.3, 0.4) is 0 Å². The van der Waals surface area contributed by atoms with Gasteiger partial charge in [-0.15, -0.1) is 0 Å². The number of ketones is 1. The van der Waals surface area contributed by atoms with Gasteiger partial charge >= 0.3 is 0 Å². The third-order valence-electron chi connectivity index (χ3n) is 7.33. The standard InChI is InChI=1S/C22H31NO3/c1-15-4-7-19(26-3)12-20(15)21-10-11-23(14-17-5-6-17)16(2)22(21,25)9-8-18(24)13-21/h4,7,12,16-17,25H,5-6,8-11,13-14H2,1-3H3/t16?,21-,22?/m1/s1. The van der Waals surface area contributed by atoms with E-state index >= 15 is 0 Å². The Morgan fingerprint density at radius 1 is 1.31 bits per heavy atom. The van der Waals surface area contributed by atoms with Crippen molar-refractivity contribution in [1.82, 2.24) is 4.90 Å². The molecule has 0 aromatic heterocycles. The molecule has 26 heavy (non-hydrogen) atoms. The number of methoxy groups -OCH3 is 1. The van der Waals surface area contributed by atoms with E-state index in [1.807, 2.05) is 6.07 Å². The van der Waals surface area contributed by atoms with Crippen molar-refractivity contribution in [2.45, 2.75) is 69.4 Å². The summed E-state index contributed by atoms with van der Waals surface area (Å²) in [5.41, 5.74) is 0.873. The van der Waals surface area contributed by atoms with Crippen molar-refractivity contribution in [3.63, 3.8) is 0 Å². The zero-order chi connectivity index (χ0) is 18.5. The Morgan fingerprint density at radius 2 is 2.08 bits per heavy atom. The van der Waals surface area contributed by atoms with Crippen molar-refractivity contribution in [3.8, 4) is 5.75 Å². The monoisotopic (exact) mass is 357 g/mol. The molecule has 3 atom stereocenters. The summed E-state index contributed by atoms with van der Waals surface area (Å²) < 4.78 is 5.47. The number of nitrogens with zero attached hydrogens (tertiary/aromatic N) is 1. The second-order valence-corrected chi connectivity index (χ2v) is 8.77. The fraction of sp³-hybridized carbons (Fsp3) is 0.682. The van der Waals surface area contributed by atoms with E-state index in [0.29, 0.717) is 19.3 Å². The predicted molar refractivity (Wildman–Crippen MR) is 102 cm³/mol. The molecule has 0 radical (unpaired) electrons. The molecule has 2 aliphatic carbocycles. The normalized spacial score (nSPS) is 35.2. The van der Waals surface area contributed by atoms with E-state index in [4.69, 9.17) is 4.74 Å². The molecule has 4 nitrogen and oxygen atoms in total. The first-order valence-corrected chi connectivity index (χ1v) is 10.0. The van der Waals surface area contributed by atoms with Crippen LogP contribution in [0.4, 0.5) is 0 Å². The molecule has 142 valence electrons. The van der Waals surface area contributed by atoms with Crippen LogP contribution in [-0.4, -0.2) is 47.6 Å². The molecule has 4 heteroatoms. The molecular formula is C22H31NO3. The van der Waals surface area contributed by atoms with Crippen molar-refractivity contribution in [3.05, 3.63) is 29.3 Å². The molecule has 2 unspecified atom stereocenters. The lowest BCUT2D eigenvalue weighted by atomic mass is 9.53. The van der Waals surface area contributed by atoms with Crippen LogP contribution in [0.25, 0.3) is 0 Å². The Hall–Kier alpha value is -1.39. The van der Waals surface area contributed by atoms with Gasteiger partial charge in [0.1, 0.15) is 11.5 Å². The highest BCUT2D eigenvalue weighted by Crippen LogP contribution is 2.54. The maximum atomic E-state index is 12.5. The fourth-order valence-electron chi connectivity index (χ4n) is 5.48. The molecule has 1 aromatic carbocycles. The number of Topliss-reactive ketones (excluding diaryl/α,β-unsaturated/α-hetero) is 1. The van der Waals surface area contributed by atoms with Crippen molar-refractivity contribution >= 4 is 5.78 Å². The number of aliphatic hydroxyl groups is 1. The van der Waals surface area contributed by atoms with Gasteiger partial charge in [0.25, 0.3) is 0 Å². The molecule has 1 aliphatic heterocycles. The largest absolute Gasteiger partial charge is 0.497 e. The van der Waals surface area contributed by atoms with Gasteiger partial charge in [-0.3, -0.25) is 9.69 Å². The fourth-order valence-corrected chi connectivity index (χ4v) is 5.48. The van der Waals surface area contributed by atoms with Gasteiger partial charge in [-0.1, -0.05) is 6.07 Å². The van der Waals surface area contributed by atoms with Crippen LogP contribution in [-0.2, 0) is 10.2 Å². The number of piperidine rings is 1. The summed E-state index contributed by atoms with van der Waals surface area (Å²) in [6, 6.07) is 6.15. The molecule has 1 heterocycles. The number of carbonyl (C=O) groups is 1. The van der Waals surface area contributed by atoms with Crippen LogP contribution in [0.5, 0.6) is 5.75 Å². The number of hydrogen-bond acceptors (Lipinski definition) is 4. The topological polar surface area (TPSA) is 49.8 Å². The summed E-state index contributed by atoms with van der Waals surface area (Å²) in [7, 11) is 1.67. The summed E-state index contributed by atoms with van der Waals surface area (Å²) >= 11 is 0. The van der Waals surface area contributed by atoms with Gasteiger partial charge < -0.3 is 9.84 Å². The van der Waals surface area contributed by atoms with E-state index in [0.717, 1.165) is 42.3 Å². The SMILES string of the molecule is COc1ccc(C)c([C@]23CCN(CC4CC4)C(C)C2(O)CCC(=O)C3)c1. The molecule has 1 N–H and O–H groups in total. The molecule has 4 rings (SSSR count). The third kappa shape index (κ3) is 2.69. The van der Waals surface area contributed by atoms with E-state index in [-0.39, 0.29) is 11.8 Å². The summed E-state index contributed by atoms with van der Waals surface area (Å²) in [5, 5.41) is 12.0. The maximum absolute atomic E-state index is 12.5. The molecule has 0 spiro atoms. The van der Waals surface area contributed by atoms with Crippen molar-refractivity contribution in [2.75, 3.05) is 20.2 Å². The molecule has 1 aromatic rings. The number of fused-ring (bicyclic) bond motifs is 1. The highest BCUT2D eigenvalue weighted by molar-refractivity contribution is 5.82. The summed E-state index contributed by atoms with van der Waals surface area (Å²) in [4.78, 5) is 15.0. The van der Waals surface area contributed by atoms with Crippen LogP contribution < -0.4 is 4.74 Å². The minimum absolute atomic E-state index is 0.0653. The third-order valence-corrected chi connectivity index (χ3v) is 7.33. The van der Waals surface area contributed by atoms with Gasteiger partial charge in [0.15, 0.2) is 0 Å². The lowest BCUT2D eigenvalue weighted by Crippen LogP contribution is -2.70. The van der Waals surface area contributed by atoms with E-state index in [2.05, 4.69) is 30.9 Å². The number of carbonyl (C=O) groups excluding carboxylic acids is 1. The first-order chi connectivity index (χ1) is 12.4. The maximum Gasteiger partial charge on any atom is 0.134 e. The summed E-state index contributed by atoms with van der Waals surface area (Å²) in [6.45, 7) is 6.29. The molecule has 0 bridgehead atoms. The summed E-state index contributed by atoms with van der Waals surface area (Å²) in [6.07, 6.45) is 4.97. The Kier molecular flexibility index (Phi) is 4.39. The van der Waals surface area contributed by atoms with Gasteiger partial charge in [-0.2, -0.15) is 0 Å². The zero-order valence-electron chi connectivity index (χ0n) is 16.3. The second kappa shape index (κ2) is 6.35. The lowest BCUT2D eigenvalue weighted by molar-refractivity contribution is -0.164. The Bertz CT molecular complexity index is 713. The lowest BCUT2D eigenvalue weighted by Gasteiger charge is -2.60. The number of hydrogen-bond donors (Lipinski definition) is 1. The minimum Gasteiger partial charge on any atom is -0.497 e. The second-order valence-electron chi connectivity index (χ2n) is 8.77. The van der Waals surface area contributed by atoms with Crippen molar-refractivity contribution < 1.29 is 14.6 Å². The van der Waals surface area contributed by atoms with E-state index in [9.17, 15) is 9.90 Å². The van der Waals surface area contributed by atoms with E-state index in [1.54, 1.807) is 7.11 Å². The van der Waals surface area contributed by atoms with E-state index in [1.165, 1.54) is 12.8 Å². The van der Waals surface area contributed by atoms with Crippen molar-refractivity contribution in [2.24, 2.45) is 5.92 Å². The van der Waals surface area contributed by atoms with E-state index < -0.39 is 11.0 Å². The average molecular weight is 357 g/mol. The Balaban J connectivity index is 1.79. The van der Waals surface area contributed by atoms with Crippen LogP contribution in [0.1, 0.15) is 56.6 Å². The minimum atomic E-state index is -0.870. The first-order valence-electron chi connectivity index (χ1n) is 10.0.